The molecule has 6 nitrogen and oxygen atoms in total. The van der Waals surface area contributed by atoms with Gasteiger partial charge in [0.1, 0.15) is 10.6 Å². The van der Waals surface area contributed by atoms with E-state index < -0.39 is 21.8 Å². The molecule has 0 heterocycles. The van der Waals surface area contributed by atoms with Crippen LogP contribution in [0.15, 0.2) is 107 Å². The predicted octanol–water partition coefficient (Wildman–Crippen LogP) is 5.57. The predicted molar refractivity (Wildman–Crippen MR) is 131 cm³/mol. The standard InChI is InChI=1S/C28H22O6S/c1-19-13-15-24(17-20(19)2)35(31,32)26-18-23(33-27(29)21-9-5-3-6-10-21)14-16-25(26)34-28(30)22-11-7-4-8-12-22/h3-18H,1-2H3. The van der Waals surface area contributed by atoms with E-state index in [0.717, 1.165) is 11.1 Å². The summed E-state index contributed by atoms with van der Waals surface area (Å²) >= 11 is 0. The van der Waals surface area contributed by atoms with Crippen molar-refractivity contribution in [3.05, 3.63) is 119 Å². The molecule has 0 atom stereocenters. The number of carbonyl (C=O) groups excluding carboxylic acids is 2. The smallest absolute Gasteiger partial charge is 0.343 e. The van der Waals surface area contributed by atoms with Gasteiger partial charge in [0.25, 0.3) is 0 Å². The van der Waals surface area contributed by atoms with Crippen molar-refractivity contribution in [3.8, 4) is 11.5 Å². The van der Waals surface area contributed by atoms with Gasteiger partial charge in [-0.15, -0.1) is 0 Å². The molecule has 0 bridgehead atoms. The number of benzene rings is 4. The Bertz CT molecular complexity index is 1490. The summed E-state index contributed by atoms with van der Waals surface area (Å²) in [5, 5.41) is 0. The monoisotopic (exact) mass is 486 g/mol. The molecule has 4 aromatic carbocycles. The van der Waals surface area contributed by atoms with Gasteiger partial charge in [0.15, 0.2) is 5.75 Å². The lowest BCUT2D eigenvalue weighted by Crippen LogP contribution is -2.13. The van der Waals surface area contributed by atoms with Gasteiger partial charge in [0.2, 0.25) is 9.84 Å². The lowest BCUT2D eigenvalue weighted by atomic mass is 10.1. The second-order valence-electron chi connectivity index (χ2n) is 7.87. The maximum atomic E-state index is 13.6. The van der Waals surface area contributed by atoms with Crippen molar-refractivity contribution in [1.82, 2.24) is 0 Å². The molecule has 0 aliphatic heterocycles. The Morgan fingerprint density at radius 3 is 1.77 bits per heavy atom. The van der Waals surface area contributed by atoms with Crippen molar-refractivity contribution in [1.29, 1.82) is 0 Å². The topological polar surface area (TPSA) is 86.7 Å². The maximum absolute atomic E-state index is 13.6. The molecule has 7 heteroatoms. The van der Waals surface area contributed by atoms with E-state index in [9.17, 15) is 18.0 Å². The first-order chi connectivity index (χ1) is 16.8. The van der Waals surface area contributed by atoms with Crippen molar-refractivity contribution in [2.24, 2.45) is 0 Å². The van der Waals surface area contributed by atoms with Crippen LogP contribution in [0.3, 0.4) is 0 Å². The third-order valence-electron chi connectivity index (χ3n) is 5.43. The van der Waals surface area contributed by atoms with E-state index in [2.05, 4.69) is 0 Å². The van der Waals surface area contributed by atoms with Crippen molar-refractivity contribution in [2.75, 3.05) is 0 Å². The molecule has 35 heavy (non-hydrogen) atoms. The van der Waals surface area contributed by atoms with Gasteiger partial charge in [-0.2, -0.15) is 0 Å². The second-order valence-corrected chi connectivity index (χ2v) is 9.79. The van der Waals surface area contributed by atoms with Crippen LogP contribution < -0.4 is 9.47 Å². The molecule has 0 N–H and O–H groups in total. The van der Waals surface area contributed by atoms with Gasteiger partial charge >= 0.3 is 11.9 Å². The zero-order chi connectivity index (χ0) is 25.0. The zero-order valence-corrected chi connectivity index (χ0v) is 19.9. The van der Waals surface area contributed by atoms with E-state index in [1.165, 1.54) is 24.3 Å². The minimum atomic E-state index is -4.13. The van der Waals surface area contributed by atoms with Crippen molar-refractivity contribution >= 4 is 21.8 Å². The summed E-state index contributed by atoms with van der Waals surface area (Å²) in [5.74, 6) is -1.53. The molecule has 0 fully saturated rings. The number of ether oxygens (including phenoxy) is 2. The Kier molecular flexibility index (Phi) is 6.80. The Morgan fingerprint density at radius 1 is 0.629 bits per heavy atom. The normalized spacial score (nSPS) is 11.0. The summed E-state index contributed by atoms with van der Waals surface area (Å²) < 4.78 is 38.1. The van der Waals surface area contributed by atoms with Crippen molar-refractivity contribution < 1.29 is 27.5 Å². The molecular formula is C28H22O6S. The fourth-order valence-corrected chi connectivity index (χ4v) is 4.81. The molecule has 0 aliphatic rings. The van der Waals surface area contributed by atoms with Gasteiger partial charge < -0.3 is 9.47 Å². The first kappa shape index (κ1) is 23.9. The zero-order valence-electron chi connectivity index (χ0n) is 19.1. The third kappa shape index (κ3) is 5.31. The second kappa shape index (κ2) is 9.95. The number of sulfone groups is 1. The van der Waals surface area contributed by atoms with Crippen LogP contribution in [0, 0.1) is 13.8 Å². The van der Waals surface area contributed by atoms with E-state index in [1.54, 1.807) is 72.8 Å². The number of rotatable bonds is 6. The molecule has 0 aromatic heterocycles. The lowest BCUT2D eigenvalue weighted by molar-refractivity contribution is 0.0715. The van der Waals surface area contributed by atoms with Gasteiger partial charge in [-0.25, -0.2) is 18.0 Å². The van der Waals surface area contributed by atoms with Gasteiger partial charge in [-0.3, -0.25) is 0 Å². The van der Waals surface area contributed by atoms with Crippen LogP contribution in [0.4, 0.5) is 0 Å². The Labute approximate surface area is 203 Å². The number of aryl methyl sites for hydroxylation is 2. The Morgan fingerprint density at radius 2 is 1.20 bits per heavy atom. The lowest BCUT2D eigenvalue weighted by Gasteiger charge is -2.14. The molecule has 0 radical (unpaired) electrons. The highest BCUT2D eigenvalue weighted by molar-refractivity contribution is 7.91. The van der Waals surface area contributed by atoms with Crippen molar-refractivity contribution in [2.45, 2.75) is 23.6 Å². The molecule has 0 saturated carbocycles. The maximum Gasteiger partial charge on any atom is 0.343 e. The van der Waals surface area contributed by atoms with Gasteiger partial charge in [-0.1, -0.05) is 42.5 Å². The number of esters is 2. The average molecular weight is 487 g/mol. The molecule has 0 saturated heterocycles. The molecule has 176 valence electrons. The van der Waals surface area contributed by atoms with Gasteiger partial charge in [0, 0.05) is 6.07 Å². The summed E-state index contributed by atoms with van der Waals surface area (Å²) in [7, 11) is -4.13. The summed E-state index contributed by atoms with van der Waals surface area (Å²) in [6, 6.07) is 25.2. The number of hydrogen-bond donors (Lipinski definition) is 0. The first-order valence-electron chi connectivity index (χ1n) is 10.8. The highest BCUT2D eigenvalue weighted by Gasteiger charge is 2.26. The summed E-state index contributed by atoms with van der Waals surface area (Å²) in [4.78, 5) is 24.9. The molecule has 0 spiro atoms. The van der Waals surface area contributed by atoms with E-state index in [-0.39, 0.29) is 26.9 Å². The quantitative estimate of drug-likeness (QED) is 0.261. The summed E-state index contributed by atoms with van der Waals surface area (Å²) in [5.41, 5.74) is 2.30. The Hall–Kier alpha value is -4.23. The minimum Gasteiger partial charge on any atom is -0.423 e. The highest BCUT2D eigenvalue weighted by atomic mass is 32.2. The summed E-state index contributed by atoms with van der Waals surface area (Å²) in [6.07, 6.45) is 0. The van der Waals surface area contributed by atoms with Crippen LogP contribution >= 0.6 is 0 Å². The average Bonchev–Trinajstić information content (AvgIpc) is 2.87. The van der Waals surface area contributed by atoms with Gasteiger partial charge in [-0.05, 0) is 73.5 Å². The fourth-order valence-electron chi connectivity index (χ4n) is 3.33. The largest absolute Gasteiger partial charge is 0.423 e. The minimum absolute atomic E-state index is 0.000715. The van der Waals surface area contributed by atoms with E-state index in [1.807, 2.05) is 13.8 Å². The SMILES string of the molecule is Cc1ccc(S(=O)(=O)c2cc(OC(=O)c3ccccc3)ccc2OC(=O)c2ccccc2)cc1C. The molecule has 4 rings (SSSR count). The van der Waals surface area contributed by atoms with E-state index in [4.69, 9.17) is 9.47 Å². The number of hydrogen-bond acceptors (Lipinski definition) is 6. The van der Waals surface area contributed by atoms with Crippen LogP contribution in [-0.4, -0.2) is 20.4 Å². The number of carbonyl (C=O) groups is 2. The van der Waals surface area contributed by atoms with Crippen LogP contribution in [0.1, 0.15) is 31.8 Å². The van der Waals surface area contributed by atoms with E-state index in [0.29, 0.717) is 5.56 Å². The highest BCUT2D eigenvalue weighted by Crippen LogP contribution is 2.34. The van der Waals surface area contributed by atoms with Crippen LogP contribution in [0.5, 0.6) is 11.5 Å². The molecule has 0 aliphatic carbocycles. The fraction of sp³-hybridized carbons (Fsp3) is 0.0714. The molecule has 4 aromatic rings. The van der Waals surface area contributed by atoms with Crippen molar-refractivity contribution in [3.63, 3.8) is 0 Å². The van der Waals surface area contributed by atoms with Crippen LogP contribution in [-0.2, 0) is 9.84 Å². The molecular weight excluding hydrogens is 464 g/mol. The van der Waals surface area contributed by atoms with E-state index >= 15 is 0 Å². The van der Waals surface area contributed by atoms with Crippen LogP contribution in [0.25, 0.3) is 0 Å². The first-order valence-corrected chi connectivity index (χ1v) is 12.2. The Balaban J connectivity index is 1.76. The molecule has 0 unspecified atom stereocenters. The van der Waals surface area contributed by atoms with Gasteiger partial charge in [0.05, 0.1) is 16.0 Å². The summed E-state index contributed by atoms with van der Waals surface area (Å²) in [6.45, 7) is 3.69. The third-order valence-corrected chi connectivity index (χ3v) is 7.20. The van der Waals surface area contributed by atoms with Crippen LogP contribution in [0.2, 0.25) is 0 Å². The molecule has 0 amide bonds.